The van der Waals surface area contributed by atoms with Gasteiger partial charge in [-0.3, -0.25) is 0 Å². The van der Waals surface area contributed by atoms with Crippen molar-refractivity contribution in [3.05, 3.63) is 0 Å². The second kappa shape index (κ2) is 49.5. The van der Waals surface area contributed by atoms with E-state index in [1.165, 1.54) is 20.8 Å². The van der Waals surface area contributed by atoms with Crippen LogP contribution in [-0.4, -0.2) is 659 Å². The number of ether oxygens (including phenoxy) is 25. The van der Waals surface area contributed by atoms with Crippen molar-refractivity contribution in [2.75, 3.05) is 66.1 Å². The monoisotopic (exact) mass is 2080 g/mol. The maximum absolute atomic E-state index is 13.0. The molecule has 13 rings (SSSR count). The number of rotatable bonds is 34. The summed E-state index contributed by atoms with van der Waals surface area (Å²) in [6, 6.07) is 0. The van der Waals surface area contributed by atoms with Gasteiger partial charge in [0, 0.05) is 0 Å². The van der Waals surface area contributed by atoms with E-state index in [9.17, 15) is 194 Å². The highest BCUT2D eigenvalue weighted by atomic mass is 16.8. The molecule has 38 N–H and O–H groups in total. The summed E-state index contributed by atoms with van der Waals surface area (Å²) >= 11 is 0. The molecule has 822 valence electrons. The predicted octanol–water partition coefficient (Wildman–Crippen LogP) is -26.2. The minimum atomic E-state index is -2.85. The summed E-state index contributed by atoms with van der Waals surface area (Å²) in [6.07, 6.45) is -144. The number of aliphatic hydroxyl groups excluding tert-OH is 38. The fraction of sp³-hybridized carbons (Fsp3) is 1.00. The van der Waals surface area contributed by atoms with E-state index in [4.69, 9.17) is 118 Å². The number of hydrogen-bond donors (Lipinski definition) is 38. The topological polar surface area (TPSA) is 999 Å². The summed E-state index contributed by atoms with van der Waals surface area (Å²) in [6.45, 7) is -8.06. The van der Waals surface area contributed by atoms with Gasteiger partial charge in [0.25, 0.3) is 0 Å². The first-order chi connectivity index (χ1) is 66.6. The summed E-state index contributed by atoms with van der Waals surface area (Å²) in [5, 5.41) is 428. The Bertz CT molecular complexity index is 3740. The molecule has 0 aromatic rings. The zero-order valence-electron chi connectivity index (χ0n) is 74.8. The molecule has 0 aliphatic carbocycles. The summed E-state index contributed by atoms with van der Waals surface area (Å²) in [5.74, 6) is 0. The molecule has 0 radical (unpaired) electrons. The van der Waals surface area contributed by atoms with Crippen LogP contribution in [0, 0.1) is 0 Å². The van der Waals surface area contributed by atoms with E-state index < -0.39 is 465 Å². The van der Waals surface area contributed by atoms with Gasteiger partial charge < -0.3 is 312 Å². The standard InChI is InChI=1S/C78H132O63/c1-14-27(85)40(98)50(108)69(121-14)139-63-45(103)32(90)19(6-81)127-76(63)119-12-25-38(96)61(54(112)72(132-25)134-58-35(93)22(9-84)124-66(116)53(58)111)136-74-55(113)59(36(94)23(131-74)10-117-67-48(106)43(101)30(88)17(4-79)125-67)135-73-56(114)60(37(95)24(130-73)11-118-68-49(107)44(102)31(89)18(5-80)126-68)137-75-57(115)62(138-78-65(47(105)34(92)21(8-83)129-78)141-71-52(110)42(100)29(87)16(3)123-71)39(97)26(133-75)13-120-77-64(46(104)33(91)20(7-82)128-77)140-70-51(109)41(99)28(86)15(2)122-70/h14-116H,4-13H2,1-3H3/t14-,15-,16-,17+,18+,19+,20+,21+,22+,23+,24+,25+,26+,27+,28+,29+,30-,31-,32-,33-,34-,35-,36-,37-,38-,39-,40+,41+,42+,43-,44-,45-,46-,47-,48+,49+,50-,51-,52+,53+,54+,55+,56+,57+,58-,59-,60-,61-,62-,63+,64+,65+,66+,67+,68+,69-,70-,71-,72-,73-,74-,75-,76+,77+,78-/m0/s1. The first kappa shape index (κ1) is 116. The lowest BCUT2D eigenvalue weighted by Crippen LogP contribution is -2.69. The zero-order chi connectivity index (χ0) is 103. The van der Waals surface area contributed by atoms with Crippen molar-refractivity contribution in [3.8, 4) is 0 Å². The fourth-order valence-electron chi connectivity index (χ4n) is 18.2. The van der Waals surface area contributed by atoms with E-state index >= 15 is 0 Å². The van der Waals surface area contributed by atoms with Crippen molar-refractivity contribution >= 4 is 0 Å². The molecule has 63 nitrogen and oxygen atoms in total. The van der Waals surface area contributed by atoms with Crippen LogP contribution in [0.3, 0.4) is 0 Å². The maximum atomic E-state index is 13.0. The van der Waals surface area contributed by atoms with Gasteiger partial charge in [0.1, 0.15) is 299 Å². The Balaban J connectivity index is 0.861. The van der Waals surface area contributed by atoms with Crippen molar-refractivity contribution < 1.29 is 312 Å². The molecule has 13 saturated heterocycles. The molecule has 13 aliphatic heterocycles. The average Bonchev–Trinajstić information content (AvgIpc) is 0.766. The van der Waals surface area contributed by atoms with Crippen LogP contribution in [0.15, 0.2) is 0 Å². The van der Waals surface area contributed by atoms with Crippen LogP contribution >= 0.6 is 0 Å². The van der Waals surface area contributed by atoms with Gasteiger partial charge in [0.2, 0.25) is 0 Å². The van der Waals surface area contributed by atoms with E-state index in [2.05, 4.69) is 0 Å². The van der Waals surface area contributed by atoms with Gasteiger partial charge >= 0.3 is 0 Å². The second-order valence-electron chi connectivity index (χ2n) is 36.5. The number of aliphatic hydroxyl groups is 38. The summed E-state index contributed by atoms with van der Waals surface area (Å²) in [4.78, 5) is 0. The summed E-state index contributed by atoms with van der Waals surface area (Å²) < 4.78 is 147. The average molecular weight is 2080 g/mol. The minimum Gasteiger partial charge on any atom is -0.394 e. The Morgan fingerprint density at radius 2 is 0.319 bits per heavy atom. The van der Waals surface area contributed by atoms with E-state index in [0.717, 1.165) is 0 Å². The predicted molar refractivity (Wildman–Crippen MR) is 423 cm³/mol. The zero-order valence-corrected chi connectivity index (χ0v) is 74.8. The van der Waals surface area contributed by atoms with Crippen LogP contribution in [0.5, 0.6) is 0 Å². The van der Waals surface area contributed by atoms with Crippen LogP contribution in [0.25, 0.3) is 0 Å². The van der Waals surface area contributed by atoms with Gasteiger partial charge in [0.05, 0.1) is 84.4 Å². The van der Waals surface area contributed by atoms with Gasteiger partial charge in [-0.1, -0.05) is 0 Å². The quantitative estimate of drug-likeness (QED) is 0.0284. The molecule has 0 unspecified atom stereocenters. The first-order valence-electron chi connectivity index (χ1n) is 45.3. The molecule has 0 aromatic heterocycles. The van der Waals surface area contributed by atoms with Crippen LogP contribution in [-0.2, 0) is 118 Å². The third kappa shape index (κ3) is 24.4. The van der Waals surface area contributed by atoms with Crippen molar-refractivity contribution in [1.29, 1.82) is 0 Å². The molecule has 63 heteroatoms. The lowest BCUT2D eigenvalue weighted by Gasteiger charge is -2.51. The van der Waals surface area contributed by atoms with Crippen LogP contribution in [0.4, 0.5) is 0 Å². The Hall–Kier alpha value is -2.52. The highest BCUT2D eigenvalue weighted by molar-refractivity contribution is 5.05. The Morgan fingerprint density at radius 1 is 0.142 bits per heavy atom. The Morgan fingerprint density at radius 3 is 0.589 bits per heavy atom. The second-order valence-corrected chi connectivity index (χ2v) is 36.5. The molecular formula is C78H132O63. The van der Waals surface area contributed by atoms with Crippen molar-refractivity contribution in [2.45, 2.75) is 420 Å². The first-order valence-corrected chi connectivity index (χ1v) is 45.3. The van der Waals surface area contributed by atoms with Crippen LogP contribution < -0.4 is 0 Å². The van der Waals surface area contributed by atoms with Gasteiger partial charge in [0.15, 0.2) is 81.8 Å². The van der Waals surface area contributed by atoms with E-state index in [-0.39, 0.29) is 0 Å². The third-order valence-electron chi connectivity index (χ3n) is 27.0. The summed E-state index contributed by atoms with van der Waals surface area (Å²) in [7, 11) is 0. The highest BCUT2D eigenvalue weighted by Crippen LogP contribution is 2.43. The van der Waals surface area contributed by atoms with Gasteiger partial charge in [-0.15, -0.1) is 0 Å². The maximum Gasteiger partial charge on any atom is 0.187 e. The molecule has 65 atom stereocenters. The van der Waals surface area contributed by atoms with Gasteiger partial charge in [-0.2, -0.15) is 0 Å². The molecule has 141 heavy (non-hydrogen) atoms. The fourth-order valence-corrected chi connectivity index (χ4v) is 18.2. The number of hydrogen-bond acceptors (Lipinski definition) is 63. The third-order valence-corrected chi connectivity index (χ3v) is 27.0. The molecule has 0 spiro atoms. The van der Waals surface area contributed by atoms with E-state index in [1.54, 1.807) is 0 Å². The lowest BCUT2D eigenvalue weighted by atomic mass is 9.94. The normalized spacial score (nSPS) is 54.7. The smallest absolute Gasteiger partial charge is 0.187 e. The molecule has 0 bridgehead atoms. The molecular weight excluding hydrogens is 1940 g/mol. The molecule has 13 heterocycles. The van der Waals surface area contributed by atoms with Crippen molar-refractivity contribution in [3.63, 3.8) is 0 Å². The van der Waals surface area contributed by atoms with Crippen LogP contribution in [0.1, 0.15) is 20.8 Å². The minimum absolute atomic E-state index is 1.08. The highest BCUT2D eigenvalue weighted by Gasteiger charge is 2.63. The van der Waals surface area contributed by atoms with Crippen LogP contribution in [0.2, 0.25) is 0 Å². The van der Waals surface area contributed by atoms with Gasteiger partial charge in [-0.05, 0) is 20.8 Å². The van der Waals surface area contributed by atoms with Crippen molar-refractivity contribution in [2.24, 2.45) is 0 Å². The Labute approximate surface area is 796 Å². The van der Waals surface area contributed by atoms with Gasteiger partial charge in [-0.25, -0.2) is 0 Å². The lowest BCUT2D eigenvalue weighted by molar-refractivity contribution is -0.408. The molecule has 13 fully saturated rings. The molecule has 13 aliphatic rings. The van der Waals surface area contributed by atoms with E-state index in [1.807, 2.05) is 0 Å². The van der Waals surface area contributed by atoms with Crippen molar-refractivity contribution in [1.82, 2.24) is 0 Å². The SMILES string of the molecule is C[C@@H]1O[C@@H](O[C@H]2[C@H](OC[C@H]3O[C@@H](O[C@@H]4[C@@H](O)[C@H](O)O[C@H](CO)[C@@H]4O)[C@H](O)[C@@H](O[C@@H]4O[C@H](CO[C@@H]5O[C@H](CO)[C@H](O)[C@H](O)[C@H]5O)[C@H](O)[C@H](O[C@@H]5O[C@H](CO[C@@H]6O[C@H](CO)[C@H](O)[C@H](O)[C@H]6O)[C@H](O)[C@H](O[C@@H]6O[C@H](CO[C@@H]7O[C@H](CO)[C@H](O)[C@H](O)[C@H]7O[C@@H]7O[C@@H](C)[C@@H](O)[C@@H](O)[C@@H]7O)[C@H](O)[C@H](O[C@@H]7O[C@H](CO)[C@H](O)[C@H](O)[C@H]7O[C@@H]7O[C@@H](C)[C@@H](O)[C@@H](O)[C@H]7O)[C@H]6O)[C@H]5O)[C@H]4O)[C@H]3O)O[C@H](CO)[C@H](O)[C@@H]2O)[C@@H](O)[C@H](O)[C@@H]1O. The molecule has 0 aromatic carbocycles. The summed E-state index contributed by atoms with van der Waals surface area (Å²) in [5.41, 5.74) is 0. The molecule has 0 saturated carbocycles. The van der Waals surface area contributed by atoms with E-state index in [0.29, 0.717) is 0 Å². The largest absolute Gasteiger partial charge is 0.394 e. The Kier molecular flexibility index (Phi) is 40.6. The molecule has 0 amide bonds.